The average molecular weight is 492 g/mol. The van der Waals surface area contributed by atoms with Crippen molar-refractivity contribution in [2.45, 2.75) is 38.8 Å². The normalized spacial score (nSPS) is 11.7. The summed E-state index contributed by atoms with van der Waals surface area (Å²) >= 11 is 0. The summed E-state index contributed by atoms with van der Waals surface area (Å²) < 4.78 is 85.2. The fourth-order valence-corrected chi connectivity index (χ4v) is 3.42. The molecule has 0 aromatic heterocycles. The zero-order valence-electron chi connectivity index (χ0n) is 18.8. The van der Waals surface area contributed by atoms with Gasteiger partial charge in [0.1, 0.15) is 23.2 Å². The predicted molar refractivity (Wildman–Crippen MR) is 121 cm³/mol. The number of esters is 1. The summed E-state index contributed by atoms with van der Waals surface area (Å²) in [7, 11) is 0. The van der Waals surface area contributed by atoms with E-state index in [1.165, 1.54) is 6.07 Å². The van der Waals surface area contributed by atoms with Gasteiger partial charge >= 0.3 is 12.1 Å². The Morgan fingerprint density at radius 2 is 1.54 bits per heavy atom. The lowest BCUT2D eigenvalue weighted by molar-refractivity contribution is -0.0790. The molecule has 0 saturated heterocycles. The van der Waals surface area contributed by atoms with E-state index in [9.17, 15) is 31.1 Å². The first-order valence-electron chi connectivity index (χ1n) is 10.9. The number of benzene rings is 3. The van der Waals surface area contributed by atoms with Crippen molar-refractivity contribution in [3.63, 3.8) is 0 Å². The molecule has 0 unspecified atom stereocenters. The minimum atomic E-state index is -4.74. The van der Waals surface area contributed by atoms with Crippen molar-refractivity contribution in [1.82, 2.24) is 0 Å². The van der Waals surface area contributed by atoms with Crippen LogP contribution in [0.25, 0.3) is 17.2 Å². The van der Waals surface area contributed by atoms with E-state index < -0.39 is 35.2 Å². The standard InChI is InChI=1S/C27H22F6O2/c1-2-3-4-5-17-6-8-18(9-7-17)26(34)35-20-10-11-21(25(30)16-20)19-14-23(28)22(24(29)15-19)12-13-27(31,32)33/h6-16H,2-5H2,1H3. The van der Waals surface area contributed by atoms with Gasteiger partial charge in [0.15, 0.2) is 0 Å². The Labute approximate surface area is 198 Å². The maximum atomic E-state index is 14.7. The minimum absolute atomic E-state index is 0.117. The number of allylic oxidation sites excluding steroid dienone is 1. The monoisotopic (exact) mass is 492 g/mol. The molecule has 0 aliphatic carbocycles. The van der Waals surface area contributed by atoms with E-state index in [1.54, 1.807) is 12.1 Å². The van der Waals surface area contributed by atoms with Crippen LogP contribution in [0, 0.1) is 17.5 Å². The summed E-state index contributed by atoms with van der Waals surface area (Å²) in [5.74, 6) is -4.31. The molecule has 3 rings (SSSR count). The summed E-state index contributed by atoms with van der Waals surface area (Å²) in [5, 5.41) is 0. The van der Waals surface area contributed by atoms with Crippen molar-refractivity contribution in [3.8, 4) is 16.9 Å². The quantitative estimate of drug-likeness (QED) is 0.137. The second kappa shape index (κ2) is 11.3. The van der Waals surface area contributed by atoms with Crippen LogP contribution in [0.2, 0.25) is 0 Å². The van der Waals surface area contributed by atoms with Crippen LogP contribution in [0.3, 0.4) is 0 Å². The van der Waals surface area contributed by atoms with Gasteiger partial charge in [0.05, 0.1) is 5.56 Å². The van der Waals surface area contributed by atoms with Crippen LogP contribution in [-0.4, -0.2) is 12.1 Å². The lowest BCUT2D eigenvalue weighted by Gasteiger charge is -2.10. The van der Waals surface area contributed by atoms with E-state index in [-0.39, 0.29) is 34.6 Å². The summed E-state index contributed by atoms with van der Waals surface area (Å²) in [4.78, 5) is 12.4. The number of halogens is 6. The Bertz CT molecular complexity index is 1190. The third-order valence-electron chi connectivity index (χ3n) is 5.24. The van der Waals surface area contributed by atoms with E-state index in [1.807, 2.05) is 12.1 Å². The summed E-state index contributed by atoms with van der Waals surface area (Å²) in [6, 6.07) is 11.6. The Morgan fingerprint density at radius 3 is 2.11 bits per heavy atom. The van der Waals surface area contributed by atoms with Crippen molar-refractivity contribution in [2.75, 3.05) is 0 Å². The average Bonchev–Trinajstić information content (AvgIpc) is 2.78. The van der Waals surface area contributed by atoms with E-state index >= 15 is 0 Å². The number of carbonyl (C=O) groups excluding carboxylic acids is 1. The van der Waals surface area contributed by atoms with Crippen LogP contribution in [0.5, 0.6) is 5.75 Å². The molecule has 8 heteroatoms. The highest BCUT2D eigenvalue weighted by Gasteiger charge is 2.23. The third kappa shape index (κ3) is 7.21. The highest BCUT2D eigenvalue weighted by atomic mass is 19.4. The van der Waals surface area contributed by atoms with Gasteiger partial charge in [-0.1, -0.05) is 31.9 Å². The maximum Gasteiger partial charge on any atom is 0.409 e. The molecule has 3 aromatic carbocycles. The molecule has 2 nitrogen and oxygen atoms in total. The molecule has 0 radical (unpaired) electrons. The molecule has 0 saturated carbocycles. The highest BCUT2D eigenvalue weighted by molar-refractivity contribution is 5.91. The number of hydrogen-bond acceptors (Lipinski definition) is 2. The van der Waals surface area contributed by atoms with Gasteiger partial charge in [-0.25, -0.2) is 18.0 Å². The molecular formula is C27H22F6O2. The Morgan fingerprint density at radius 1 is 0.886 bits per heavy atom. The maximum absolute atomic E-state index is 14.7. The molecule has 0 bridgehead atoms. The van der Waals surface area contributed by atoms with Gasteiger partial charge in [-0.05, 0) is 66.4 Å². The topological polar surface area (TPSA) is 26.3 Å². The molecule has 0 aliphatic rings. The summed E-state index contributed by atoms with van der Waals surface area (Å²) in [6.07, 6.45) is -0.599. The molecule has 0 aliphatic heterocycles. The molecule has 0 N–H and O–H groups in total. The van der Waals surface area contributed by atoms with Crippen LogP contribution in [0.1, 0.15) is 47.7 Å². The fraction of sp³-hybridized carbons (Fsp3) is 0.222. The van der Waals surface area contributed by atoms with E-state index in [2.05, 4.69) is 6.92 Å². The lowest BCUT2D eigenvalue weighted by atomic mass is 10.0. The molecule has 184 valence electrons. The molecule has 0 heterocycles. The number of carbonyl (C=O) groups is 1. The van der Waals surface area contributed by atoms with Crippen LogP contribution < -0.4 is 4.74 Å². The first kappa shape index (κ1) is 26.1. The molecule has 0 fully saturated rings. The molecule has 35 heavy (non-hydrogen) atoms. The first-order valence-corrected chi connectivity index (χ1v) is 10.9. The van der Waals surface area contributed by atoms with Gasteiger partial charge < -0.3 is 4.74 Å². The van der Waals surface area contributed by atoms with Crippen molar-refractivity contribution in [3.05, 3.63) is 94.8 Å². The number of hydrogen-bond donors (Lipinski definition) is 0. The van der Waals surface area contributed by atoms with E-state index in [0.29, 0.717) is 0 Å². The molecule has 0 spiro atoms. The van der Waals surface area contributed by atoms with Crippen molar-refractivity contribution < 1.29 is 35.9 Å². The number of ether oxygens (including phenoxy) is 1. The number of rotatable bonds is 8. The van der Waals surface area contributed by atoms with E-state index in [4.69, 9.17) is 4.74 Å². The van der Waals surface area contributed by atoms with Gasteiger partial charge in [0.2, 0.25) is 0 Å². The van der Waals surface area contributed by atoms with Crippen LogP contribution in [0.15, 0.2) is 60.7 Å². The molecule has 0 amide bonds. The number of alkyl halides is 3. The second-order valence-electron chi connectivity index (χ2n) is 7.91. The summed E-state index contributed by atoms with van der Waals surface area (Å²) in [6.45, 7) is 2.11. The molecule has 0 atom stereocenters. The largest absolute Gasteiger partial charge is 0.423 e. The zero-order valence-corrected chi connectivity index (χ0v) is 18.8. The number of aryl methyl sites for hydroxylation is 1. The molecular weight excluding hydrogens is 470 g/mol. The summed E-state index contributed by atoms with van der Waals surface area (Å²) in [5.41, 5.74) is 0.0298. The second-order valence-corrected chi connectivity index (χ2v) is 7.91. The Hall–Kier alpha value is -3.55. The Balaban J connectivity index is 1.74. The SMILES string of the molecule is CCCCCc1ccc(C(=O)Oc2ccc(-c3cc(F)c(C=CC(F)(F)F)c(F)c3)c(F)c2)cc1. The van der Waals surface area contributed by atoms with Crippen molar-refractivity contribution >= 4 is 12.0 Å². The van der Waals surface area contributed by atoms with Crippen LogP contribution in [0.4, 0.5) is 26.3 Å². The van der Waals surface area contributed by atoms with E-state index in [0.717, 1.165) is 55.5 Å². The third-order valence-corrected chi connectivity index (χ3v) is 5.24. The zero-order chi connectivity index (χ0) is 25.6. The van der Waals surface area contributed by atoms with Gasteiger partial charge in [0, 0.05) is 23.3 Å². The molecule has 3 aromatic rings. The highest BCUT2D eigenvalue weighted by Crippen LogP contribution is 2.30. The van der Waals surface area contributed by atoms with Crippen molar-refractivity contribution in [2.24, 2.45) is 0 Å². The van der Waals surface area contributed by atoms with Crippen molar-refractivity contribution in [1.29, 1.82) is 0 Å². The fourth-order valence-electron chi connectivity index (χ4n) is 3.42. The minimum Gasteiger partial charge on any atom is -0.423 e. The predicted octanol–water partition coefficient (Wildman–Crippen LogP) is 8.30. The van der Waals surface area contributed by atoms with Gasteiger partial charge in [-0.2, -0.15) is 13.2 Å². The lowest BCUT2D eigenvalue weighted by Crippen LogP contribution is -2.08. The van der Waals surface area contributed by atoms with Gasteiger partial charge in [-0.15, -0.1) is 0 Å². The first-order chi connectivity index (χ1) is 16.6. The smallest absolute Gasteiger partial charge is 0.409 e. The van der Waals surface area contributed by atoms with Crippen LogP contribution >= 0.6 is 0 Å². The van der Waals surface area contributed by atoms with Crippen LogP contribution in [-0.2, 0) is 6.42 Å². The van der Waals surface area contributed by atoms with Gasteiger partial charge in [-0.3, -0.25) is 0 Å². The number of unbranched alkanes of at least 4 members (excludes halogenated alkanes) is 2. The van der Waals surface area contributed by atoms with Gasteiger partial charge in [0.25, 0.3) is 0 Å². The Kier molecular flexibility index (Phi) is 8.38.